The molecule has 1 amide bonds. The Labute approximate surface area is 238 Å². The van der Waals surface area contributed by atoms with Gasteiger partial charge in [0.15, 0.2) is 0 Å². The van der Waals surface area contributed by atoms with Gasteiger partial charge in [0.1, 0.15) is 5.78 Å². The maximum absolute atomic E-state index is 13.7. The first-order chi connectivity index (χ1) is 18.9. The highest BCUT2D eigenvalue weighted by Gasteiger charge is 2.30. The lowest BCUT2D eigenvalue weighted by Gasteiger charge is -2.32. The predicted octanol–water partition coefficient (Wildman–Crippen LogP) is 5.36. The topological polar surface area (TPSA) is 80.8 Å². The molecule has 4 rings (SSSR count). The summed E-state index contributed by atoms with van der Waals surface area (Å²) in [5.74, 6) is 0.543. The highest BCUT2D eigenvalue weighted by molar-refractivity contribution is 7.18. The number of hydrogen-bond acceptors (Lipinski definition) is 7. The molecule has 1 aromatic carbocycles. The van der Waals surface area contributed by atoms with Gasteiger partial charge in [0, 0.05) is 38.9 Å². The number of morpholine rings is 1. The molecule has 8 heteroatoms. The Balaban J connectivity index is 1.41. The number of hydrogen-bond donors (Lipinski definition) is 1. The number of carbonyl (C=O) groups excluding carboxylic acids is 2. The number of nitrogens with one attached hydrogen (secondary N) is 1. The van der Waals surface area contributed by atoms with Crippen molar-refractivity contribution in [2.45, 2.75) is 84.1 Å². The molecule has 2 atom stereocenters. The van der Waals surface area contributed by atoms with Gasteiger partial charge in [-0.15, -0.1) is 11.3 Å². The Hall–Kier alpha value is -1.87. The molecule has 1 N–H and O–H groups in total. The van der Waals surface area contributed by atoms with E-state index in [9.17, 15) is 9.59 Å². The number of nitrogens with zero attached hydrogens (tertiary/aromatic N) is 2. The zero-order valence-electron chi connectivity index (χ0n) is 24.1. The first-order valence-electron chi connectivity index (χ1n) is 15.0. The quantitative estimate of drug-likeness (QED) is 0.315. The predicted molar refractivity (Wildman–Crippen MR) is 157 cm³/mol. The molecule has 39 heavy (non-hydrogen) atoms. The van der Waals surface area contributed by atoms with Crippen molar-refractivity contribution in [3.05, 3.63) is 28.8 Å². The number of carbonyl (C=O) groups is 2. The van der Waals surface area contributed by atoms with Gasteiger partial charge in [-0.2, -0.15) is 0 Å². The number of Topliss-reactive ketones (excluding diaryl/α,β-unsaturated/α-hetero) is 1. The first-order valence-corrected chi connectivity index (χ1v) is 15.8. The zero-order valence-corrected chi connectivity index (χ0v) is 24.9. The summed E-state index contributed by atoms with van der Waals surface area (Å²) < 4.78 is 12.7. The summed E-state index contributed by atoms with van der Waals surface area (Å²) in [6.45, 7) is 11.8. The lowest BCUT2D eigenvalue weighted by molar-refractivity contribution is -0.130. The lowest BCUT2D eigenvalue weighted by atomic mass is 9.83. The van der Waals surface area contributed by atoms with Crippen molar-refractivity contribution < 1.29 is 19.1 Å². The molecule has 1 aliphatic carbocycles. The summed E-state index contributed by atoms with van der Waals surface area (Å²) in [4.78, 5) is 33.4. The molecule has 0 spiro atoms. The van der Waals surface area contributed by atoms with E-state index in [1.807, 2.05) is 6.92 Å². The Morgan fingerprint density at radius 3 is 2.67 bits per heavy atom. The minimum Gasteiger partial charge on any atom is -0.379 e. The molecule has 7 nitrogen and oxygen atoms in total. The molecule has 1 saturated heterocycles. The molecule has 1 saturated carbocycles. The third-order valence-electron chi connectivity index (χ3n) is 8.28. The molecule has 216 valence electrons. The molecule has 0 radical (unpaired) electrons. The fourth-order valence-electron chi connectivity index (χ4n) is 5.68. The first kappa shape index (κ1) is 30.1. The Kier molecular flexibility index (Phi) is 11.7. The van der Waals surface area contributed by atoms with Crippen molar-refractivity contribution in [1.82, 2.24) is 15.2 Å². The van der Waals surface area contributed by atoms with Crippen molar-refractivity contribution in [2.75, 3.05) is 46.1 Å². The fraction of sp³-hybridized carbons (Fsp3) is 0.710. The largest absolute Gasteiger partial charge is 0.379 e. The smallest absolute Gasteiger partial charge is 0.224 e. The minimum absolute atomic E-state index is 0.0225. The number of ether oxygens (including phenoxy) is 2. The van der Waals surface area contributed by atoms with E-state index >= 15 is 0 Å². The van der Waals surface area contributed by atoms with E-state index in [1.54, 1.807) is 11.3 Å². The second kappa shape index (κ2) is 15.2. The van der Waals surface area contributed by atoms with Crippen LogP contribution in [0.1, 0.15) is 82.2 Å². The summed E-state index contributed by atoms with van der Waals surface area (Å²) in [6.07, 6.45) is 7.09. The highest BCUT2D eigenvalue weighted by Crippen LogP contribution is 2.30. The number of benzene rings is 1. The van der Waals surface area contributed by atoms with Crippen molar-refractivity contribution in [3.63, 3.8) is 0 Å². The summed E-state index contributed by atoms with van der Waals surface area (Å²) >= 11 is 1.65. The molecular weight excluding hydrogens is 510 g/mol. The maximum Gasteiger partial charge on any atom is 0.224 e. The van der Waals surface area contributed by atoms with E-state index in [1.165, 1.54) is 24.8 Å². The Bertz CT molecular complexity index is 1060. The van der Waals surface area contributed by atoms with E-state index in [2.05, 4.69) is 42.3 Å². The van der Waals surface area contributed by atoms with Gasteiger partial charge in [-0.25, -0.2) is 4.98 Å². The van der Waals surface area contributed by atoms with Crippen LogP contribution in [0.2, 0.25) is 0 Å². The molecule has 2 aromatic rings. The molecule has 2 heterocycles. The maximum atomic E-state index is 13.7. The SMILES string of the molecule is CCC(=O)C[C@@H](Cc1nc2ccc(C(C)C)cc2s1)C(=O)N[C@H](COCCN1CCOCC1)C1CCCCC1. The van der Waals surface area contributed by atoms with Crippen LogP contribution in [0.15, 0.2) is 18.2 Å². The molecule has 2 aliphatic rings. The van der Waals surface area contributed by atoms with Crippen LogP contribution in [0.4, 0.5) is 0 Å². The van der Waals surface area contributed by atoms with E-state index in [0.29, 0.717) is 37.9 Å². The third-order valence-corrected chi connectivity index (χ3v) is 9.32. The summed E-state index contributed by atoms with van der Waals surface area (Å²) in [5, 5.41) is 4.28. The monoisotopic (exact) mass is 557 g/mol. The standard InChI is InChI=1S/C31H47N3O4S/c1-4-26(35)18-25(20-30-32-27-11-10-24(22(2)3)19-29(27)39-30)31(36)33-28(23-8-6-5-7-9-23)21-38-17-14-34-12-15-37-16-13-34/h10-11,19,22-23,25,28H,4-9,12-18,20-21H2,1-3H3,(H,33,36)/t25-,28+/m0/s1. The normalized spacial score (nSPS) is 18.9. The van der Waals surface area contributed by atoms with Crippen LogP contribution < -0.4 is 5.32 Å². The van der Waals surface area contributed by atoms with Crippen LogP contribution in [0.25, 0.3) is 10.2 Å². The van der Waals surface area contributed by atoms with Gasteiger partial charge in [-0.1, -0.05) is 46.1 Å². The van der Waals surface area contributed by atoms with Crippen molar-refractivity contribution in [1.29, 1.82) is 0 Å². The fourth-order valence-corrected chi connectivity index (χ4v) is 6.78. The summed E-state index contributed by atoms with van der Waals surface area (Å²) in [7, 11) is 0. The van der Waals surface area contributed by atoms with Crippen LogP contribution in [0, 0.1) is 11.8 Å². The summed E-state index contributed by atoms with van der Waals surface area (Å²) in [5.41, 5.74) is 2.26. The van der Waals surface area contributed by atoms with Crippen molar-refractivity contribution in [3.8, 4) is 0 Å². The lowest BCUT2D eigenvalue weighted by Crippen LogP contribution is -2.47. The van der Waals surface area contributed by atoms with Crippen molar-refractivity contribution >= 4 is 33.2 Å². The Morgan fingerprint density at radius 1 is 1.18 bits per heavy atom. The molecule has 1 aromatic heterocycles. The average molecular weight is 558 g/mol. The van der Waals surface area contributed by atoms with Crippen LogP contribution in [-0.2, 0) is 25.5 Å². The van der Waals surface area contributed by atoms with Gasteiger partial charge in [0.2, 0.25) is 5.91 Å². The second-order valence-electron chi connectivity index (χ2n) is 11.5. The molecule has 0 unspecified atom stereocenters. The Morgan fingerprint density at radius 2 is 1.95 bits per heavy atom. The van der Waals surface area contributed by atoms with Gasteiger partial charge < -0.3 is 14.8 Å². The summed E-state index contributed by atoms with van der Waals surface area (Å²) in [6, 6.07) is 6.39. The molecule has 1 aliphatic heterocycles. The number of thiazole rings is 1. The van der Waals surface area contributed by atoms with E-state index in [-0.39, 0.29) is 24.2 Å². The molecular formula is C31H47N3O4S. The van der Waals surface area contributed by atoms with Gasteiger partial charge in [0.05, 0.1) is 53.6 Å². The molecule has 0 bridgehead atoms. The number of ketones is 1. The molecule has 2 fully saturated rings. The number of aromatic nitrogens is 1. The van der Waals surface area contributed by atoms with Gasteiger partial charge in [0.25, 0.3) is 0 Å². The van der Waals surface area contributed by atoms with Gasteiger partial charge >= 0.3 is 0 Å². The van der Waals surface area contributed by atoms with Crippen molar-refractivity contribution in [2.24, 2.45) is 11.8 Å². The van der Waals surface area contributed by atoms with Crippen LogP contribution in [0.3, 0.4) is 0 Å². The number of rotatable bonds is 14. The van der Waals surface area contributed by atoms with Crippen LogP contribution >= 0.6 is 11.3 Å². The van der Waals surface area contributed by atoms with Gasteiger partial charge in [-0.05, 0) is 42.4 Å². The third kappa shape index (κ3) is 9.07. The van der Waals surface area contributed by atoms with Crippen LogP contribution in [0.5, 0.6) is 0 Å². The number of fused-ring (bicyclic) bond motifs is 1. The number of amides is 1. The van der Waals surface area contributed by atoms with Crippen LogP contribution in [-0.4, -0.2) is 73.7 Å². The van der Waals surface area contributed by atoms with E-state index in [4.69, 9.17) is 14.5 Å². The van der Waals surface area contributed by atoms with E-state index in [0.717, 1.165) is 60.9 Å². The van der Waals surface area contributed by atoms with E-state index < -0.39 is 5.92 Å². The minimum atomic E-state index is -0.415. The van der Waals surface area contributed by atoms with Gasteiger partial charge in [-0.3, -0.25) is 14.5 Å². The second-order valence-corrected chi connectivity index (χ2v) is 12.6. The average Bonchev–Trinajstić information content (AvgIpc) is 3.36. The zero-order chi connectivity index (χ0) is 27.6. The highest BCUT2D eigenvalue weighted by atomic mass is 32.1.